The van der Waals surface area contributed by atoms with Crippen LogP contribution in [0.2, 0.25) is 0 Å². The highest BCUT2D eigenvalue weighted by Gasteiger charge is 2.38. The van der Waals surface area contributed by atoms with Gasteiger partial charge in [-0.25, -0.2) is 15.0 Å². The van der Waals surface area contributed by atoms with Gasteiger partial charge in [-0.05, 0) is 101 Å². The molecular formula is C49H53N7O7. The Morgan fingerprint density at radius 2 is 1.25 bits per heavy atom. The van der Waals surface area contributed by atoms with Gasteiger partial charge in [-0.2, -0.15) is 0 Å². The van der Waals surface area contributed by atoms with E-state index >= 15 is 0 Å². The number of ether oxygens (including phenoxy) is 5. The van der Waals surface area contributed by atoms with E-state index in [1.165, 1.54) is 5.56 Å². The van der Waals surface area contributed by atoms with Gasteiger partial charge in [0.1, 0.15) is 17.1 Å². The number of H-pyrrole nitrogens is 1. The van der Waals surface area contributed by atoms with Gasteiger partial charge >= 0.3 is 0 Å². The van der Waals surface area contributed by atoms with E-state index in [1.807, 2.05) is 71.2 Å². The first-order valence-corrected chi connectivity index (χ1v) is 21.5. The molecule has 4 aromatic heterocycles. The summed E-state index contributed by atoms with van der Waals surface area (Å²) in [7, 11) is 6.43. The van der Waals surface area contributed by atoms with Gasteiger partial charge in [-0.3, -0.25) is 9.59 Å². The molecule has 14 heteroatoms. The Hall–Kier alpha value is -6.83. The quantitative estimate of drug-likeness (QED) is 0.119. The molecule has 326 valence electrons. The molecule has 14 nitrogen and oxygen atoms in total. The largest absolute Gasteiger partial charge is 0.493 e. The Labute approximate surface area is 365 Å². The molecule has 0 unspecified atom stereocenters. The van der Waals surface area contributed by atoms with Gasteiger partial charge in [0.25, 0.3) is 5.56 Å². The molecule has 1 amide bonds. The van der Waals surface area contributed by atoms with Crippen LogP contribution in [0.3, 0.4) is 0 Å². The lowest BCUT2D eigenvalue weighted by molar-refractivity contribution is -0.129. The van der Waals surface area contributed by atoms with Crippen LogP contribution in [0.5, 0.6) is 28.9 Å². The van der Waals surface area contributed by atoms with Crippen molar-refractivity contribution in [2.75, 3.05) is 35.0 Å². The molecular weight excluding hydrogens is 799 g/mol. The Morgan fingerprint density at radius 3 is 1.86 bits per heavy atom. The number of carbonyl (C=O) groups excluding carboxylic acids is 1. The van der Waals surface area contributed by atoms with E-state index in [1.54, 1.807) is 34.8 Å². The van der Waals surface area contributed by atoms with Crippen molar-refractivity contribution in [3.63, 3.8) is 0 Å². The molecule has 1 N–H and O–H groups in total. The number of amides is 1. The smallest absolute Gasteiger partial charge is 0.274 e. The summed E-state index contributed by atoms with van der Waals surface area (Å²) in [5.41, 5.74) is 8.54. The third-order valence-corrected chi connectivity index (χ3v) is 12.5. The topological polar surface area (TPSA) is 148 Å². The number of carbonyl (C=O) groups is 1. The van der Waals surface area contributed by atoms with Gasteiger partial charge in [0.05, 0.1) is 69.6 Å². The number of likely N-dealkylation sites (tertiary alicyclic amines) is 1. The van der Waals surface area contributed by atoms with E-state index in [4.69, 9.17) is 33.7 Å². The molecule has 3 atom stereocenters. The Bertz CT molecular complexity index is 2860. The zero-order valence-electron chi connectivity index (χ0n) is 36.8. The number of pyridine rings is 2. The fourth-order valence-electron chi connectivity index (χ4n) is 8.48. The maximum absolute atomic E-state index is 13.1. The van der Waals surface area contributed by atoms with Crippen LogP contribution < -0.4 is 29.2 Å². The van der Waals surface area contributed by atoms with Crippen LogP contribution in [-0.4, -0.2) is 81.0 Å². The van der Waals surface area contributed by atoms with Crippen molar-refractivity contribution < 1.29 is 28.5 Å². The SMILES string of the molecule is COc1ccc(-c2cc3ncn(C4CC4)c3c(=O)[nH]2)cc1OC.COc1ccc(-c2cc3ncn(C4CC4)c3c(O[C@H](C)[C@@H]3CC(=O)N([C@H](C)c4ccc(C)cc4)C3)n2)cc1OC. The molecule has 10 rings (SSSR count). The van der Waals surface area contributed by atoms with Crippen molar-refractivity contribution in [2.24, 2.45) is 5.92 Å². The van der Waals surface area contributed by atoms with E-state index in [0.29, 0.717) is 70.7 Å². The van der Waals surface area contributed by atoms with Crippen molar-refractivity contribution in [2.45, 2.75) is 77.1 Å². The molecule has 2 aliphatic carbocycles. The molecule has 0 spiro atoms. The number of nitrogens with one attached hydrogen (secondary N) is 1. The fraction of sp³-hybridized carbons (Fsp3) is 0.367. The number of nitrogens with zero attached hydrogens (tertiary/aromatic N) is 6. The van der Waals surface area contributed by atoms with Crippen molar-refractivity contribution >= 4 is 28.0 Å². The molecule has 3 fully saturated rings. The predicted molar refractivity (Wildman–Crippen MR) is 241 cm³/mol. The fourth-order valence-corrected chi connectivity index (χ4v) is 8.48. The lowest BCUT2D eigenvalue weighted by Gasteiger charge is -2.27. The van der Waals surface area contributed by atoms with Crippen LogP contribution in [-0.2, 0) is 4.79 Å². The number of imidazole rings is 2. The zero-order chi connectivity index (χ0) is 43.9. The van der Waals surface area contributed by atoms with Gasteiger partial charge in [-0.1, -0.05) is 29.8 Å². The van der Waals surface area contributed by atoms with E-state index in [-0.39, 0.29) is 29.5 Å². The molecule has 0 bridgehead atoms. The van der Waals surface area contributed by atoms with E-state index in [0.717, 1.165) is 59.1 Å². The summed E-state index contributed by atoms with van der Waals surface area (Å²) < 4.78 is 32.3. The molecule has 0 radical (unpaired) electrons. The van der Waals surface area contributed by atoms with Crippen molar-refractivity contribution in [3.05, 3.63) is 107 Å². The second kappa shape index (κ2) is 17.1. The molecule has 3 aromatic carbocycles. The number of aromatic amines is 1. The summed E-state index contributed by atoms with van der Waals surface area (Å²) in [6.07, 6.45) is 8.38. The first-order valence-electron chi connectivity index (χ1n) is 21.5. The molecule has 7 aromatic rings. The van der Waals surface area contributed by atoms with Gasteiger partial charge in [-0.15, -0.1) is 0 Å². The normalized spacial score (nSPS) is 17.0. The summed E-state index contributed by atoms with van der Waals surface area (Å²) >= 11 is 0. The van der Waals surface area contributed by atoms with Gasteiger partial charge in [0, 0.05) is 42.1 Å². The zero-order valence-corrected chi connectivity index (χ0v) is 36.8. The molecule has 1 aliphatic heterocycles. The predicted octanol–water partition coefficient (Wildman–Crippen LogP) is 8.88. The second-order valence-corrected chi connectivity index (χ2v) is 16.8. The summed E-state index contributed by atoms with van der Waals surface area (Å²) in [6, 6.07) is 24.5. The van der Waals surface area contributed by atoms with Gasteiger partial charge in [0.15, 0.2) is 23.0 Å². The minimum Gasteiger partial charge on any atom is -0.493 e. The number of aromatic nitrogens is 6. The highest BCUT2D eigenvalue weighted by atomic mass is 16.5. The third kappa shape index (κ3) is 8.29. The lowest BCUT2D eigenvalue weighted by Crippen LogP contribution is -2.31. The molecule has 3 aliphatic rings. The monoisotopic (exact) mass is 851 g/mol. The second-order valence-electron chi connectivity index (χ2n) is 16.8. The first kappa shape index (κ1) is 41.5. The number of aryl methyl sites for hydroxylation is 1. The maximum atomic E-state index is 13.1. The maximum Gasteiger partial charge on any atom is 0.274 e. The number of benzene rings is 3. The highest BCUT2D eigenvalue weighted by molar-refractivity contribution is 5.85. The highest BCUT2D eigenvalue weighted by Crippen LogP contribution is 2.42. The molecule has 1 saturated heterocycles. The van der Waals surface area contributed by atoms with Crippen molar-refractivity contribution in [1.82, 2.24) is 34.0 Å². The van der Waals surface area contributed by atoms with Crippen LogP contribution >= 0.6 is 0 Å². The Morgan fingerprint density at radius 1 is 0.683 bits per heavy atom. The Balaban J connectivity index is 0.000000185. The van der Waals surface area contributed by atoms with Crippen LogP contribution in [0.25, 0.3) is 44.6 Å². The van der Waals surface area contributed by atoms with Crippen molar-refractivity contribution in [3.8, 4) is 51.4 Å². The average molecular weight is 852 g/mol. The van der Waals surface area contributed by atoms with E-state index in [9.17, 15) is 9.59 Å². The van der Waals surface area contributed by atoms with Crippen molar-refractivity contribution in [1.29, 1.82) is 0 Å². The number of hydrogen-bond acceptors (Lipinski definition) is 10. The summed E-state index contributed by atoms with van der Waals surface area (Å²) in [6.45, 7) is 6.87. The first-order chi connectivity index (χ1) is 30.6. The van der Waals surface area contributed by atoms with Gasteiger partial charge in [0.2, 0.25) is 11.8 Å². The van der Waals surface area contributed by atoms with E-state index < -0.39 is 0 Å². The third-order valence-electron chi connectivity index (χ3n) is 12.5. The number of hydrogen-bond donors (Lipinski definition) is 1. The van der Waals surface area contributed by atoms with Crippen LogP contribution in [0.4, 0.5) is 0 Å². The minimum atomic E-state index is -0.210. The van der Waals surface area contributed by atoms with Crippen LogP contribution in [0, 0.1) is 12.8 Å². The van der Waals surface area contributed by atoms with Gasteiger partial charge < -0.3 is 42.7 Å². The standard InChI is InChI=1S/C32H36N4O4.C17H17N3O3/c1-19-6-8-22(9-7-19)20(2)35-17-24(15-30(35)37)21(3)40-32-31-27(33-18-36(31)25-11-12-25)16-26(34-32)23-10-13-28(38-4)29(14-23)39-5;1-22-14-6-3-10(7-15(14)23-2)12-8-13-16(17(21)19-12)20(9-18-13)11-4-5-11/h6-10,13-14,16,18,20-21,24-25H,11-12,15,17H2,1-5H3;3,6-9,11H,4-5H2,1-2H3,(H,19,21)/t20-,21-,24-;/m1./s1. The lowest BCUT2D eigenvalue weighted by atomic mass is 10.0. The summed E-state index contributed by atoms with van der Waals surface area (Å²) in [4.78, 5) is 44.7. The molecule has 5 heterocycles. The number of fused-ring (bicyclic) bond motifs is 2. The van der Waals surface area contributed by atoms with Crippen LogP contribution in [0.1, 0.15) is 75.2 Å². The number of rotatable bonds is 13. The van der Waals surface area contributed by atoms with Crippen LogP contribution in [0.15, 0.2) is 90.2 Å². The van der Waals surface area contributed by atoms with E-state index in [2.05, 4.69) is 52.6 Å². The summed E-state index contributed by atoms with van der Waals surface area (Å²) in [5, 5.41) is 0. The molecule has 2 saturated carbocycles. The average Bonchev–Trinajstić information content (AvgIpc) is 4.21. The Kier molecular flexibility index (Phi) is 11.3. The molecule has 63 heavy (non-hydrogen) atoms. The minimum absolute atomic E-state index is 0.0137. The number of methoxy groups -OCH3 is 4. The summed E-state index contributed by atoms with van der Waals surface area (Å²) in [5.74, 6) is 3.33.